The van der Waals surface area contributed by atoms with Crippen LogP contribution in [0, 0.1) is 0 Å². The number of nitrogens with zero attached hydrogens (tertiary/aromatic N) is 1. The molecule has 5 heteroatoms. The number of ether oxygens (including phenoxy) is 1. The van der Waals surface area contributed by atoms with Crippen molar-refractivity contribution in [2.24, 2.45) is 0 Å². The molecule has 0 aliphatic heterocycles. The molecule has 0 saturated heterocycles. The van der Waals surface area contributed by atoms with Gasteiger partial charge in [0.15, 0.2) is 0 Å². The third-order valence-electron chi connectivity index (χ3n) is 2.49. The Morgan fingerprint density at radius 2 is 2.28 bits per heavy atom. The van der Waals surface area contributed by atoms with Gasteiger partial charge in [0, 0.05) is 24.1 Å². The Morgan fingerprint density at radius 1 is 1.44 bits per heavy atom. The van der Waals surface area contributed by atoms with E-state index in [9.17, 15) is 5.11 Å². The van der Waals surface area contributed by atoms with E-state index in [0.717, 1.165) is 27.7 Å². The first-order valence-corrected chi connectivity index (χ1v) is 6.47. The maximum Gasteiger partial charge on any atom is 0.124 e. The minimum absolute atomic E-state index is 0.256. The van der Waals surface area contributed by atoms with Crippen LogP contribution in [-0.4, -0.2) is 24.2 Å². The molecule has 0 saturated carbocycles. The number of methoxy groups -OCH3 is 1. The number of nitrogens with one attached hydrogen (secondary N) is 1. The van der Waals surface area contributed by atoms with Gasteiger partial charge < -0.3 is 15.2 Å². The quantitative estimate of drug-likeness (QED) is 0.870. The highest BCUT2D eigenvalue weighted by Crippen LogP contribution is 2.30. The summed E-state index contributed by atoms with van der Waals surface area (Å²) in [4.78, 5) is 5.74. The Hall–Kier alpha value is -1.43. The number of aromatic nitrogens is 1. The maximum absolute atomic E-state index is 9.50. The highest BCUT2D eigenvalue weighted by molar-refractivity contribution is 7.15. The largest absolute Gasteiger partial charge is 0.508 e. The van der Waals surface area contributed by atoms with E-state index >= 15 is 0 Å². The second kappa shape index (κ2) is 5.95. The van der Waals surface area contributed by atoms with E-state index < -0.39 is 0 Å². The fourth-order valence-electron chi connectivity index (χ4n) is 1.69. The van der Waals surface area contributed by atoms with Gasteiger partial charge in [0.25, 0.3) is 0 Å². The molecule has 0 amide bonds. The topological polar surface area (TPSA) is 54.4 Å². The van der Waals surface area contributed by atoms with Crippen molar-refractivity contribution in [3.63, 3.8) is 0 Å². The van der Waals surface area contributed by atoms with Crippen LogP contribution in [0.25, 0.3) is 10.6 Å². The third-order valence-corrected chi connectivity index (χ3v) is 3.64. The highest BCUT2D eigenvalue weighted by atomic mass is 32.1. The molecule has 1 aromatic heterocycles. The molecule has 0 aliphatic rings. The summed E-state index contributed by atoms with van der Waals surface area (Å²) in [5.41, 5.74) is 1.88. The third kappa shape index (κ3) is 2.87. The molecule has 2 N–H and O–H groups in total. The maximum atomic E-state index is 9.50. The smallest absolute Gasteiger partial charge is 0.124 e. The SMILES string of the molecule is CNCc1sc(-c2cccc(O)c2)nc1COC. The zero-order valence-electron chi connectivity index (χ0n) is 10.4. The van der Waals surface area contributed by atoms with Crippen molar-refractivity contribution in [2.45, 2.75) is 13.2 Å². The highest BCUT2D eigenvalue weighted by Gasteiger charge is 2.12. The van der Waals surface area contributed by atoms with Crippen LogP contribution >= 0.6 is 11.3 Å². The van der Waals surface area contributed by atoms with E-state index in [-0.39, 0.29) is 5.75 Å². The van der Waals surface area contributed by atoms with Crippen molar-refractivity contribution in [2.75, 3.05) is 14.2 Å². The van der Waals surface area contributed by atoms with Crippen LogP contribution in [-0.2, 0) is 17.9 Å². The van der Waals surface area contributed by atoms with E-state index in [1.165, 1.54) is 0 Å². The lowest BCUT2D eigenvalue weighted by Gasteiger charge is -1.98. The molecule has 0 aliphatic carbocycles. The molecule has 2 rings (SSSR count). The monoisotopic (exact) mass is 264 g/mol. The van der Waals surface area contributed by atoms with Gasteiger partial charge in [-0.1, -0.05) is 12.1 Å². The Labute approximate surface area is 110 Å². The number of hydrogen-bond donors (Lipinski definition) is 2. The number of phenolic OH excluding ortho intramolecular Hbond substituents is 1. The number of phenols is 1. The van der Waals surface area contributed by atoms with Crippen LogP contribution < -0.4 is 5.32 Å². The summed E-state index contributed by atoms with van der Waals surface area (Å²) in [6.07, 6.45) is 0. The number of thiazole rings is 1. The van der Waals surface area contributed by atoms with E-state index in [1.807, 2.05) is 19.2 Å². The van der Waals surface area contributed by atoms with Gasteiger partial charge in [-0.05, 0) is 19.2 Å². The van der Waals surface area contributed by atoms with Crippen LogP contribution in [0.3, 0.4) is 0 Å². The van der Waals surface area contributed by atoms with Crippen LogP contribution in [0.15, 0.2) is 24.3 Å². The van der Waals surface area contributed by atoms with Gasteiger partial charge in [-0.15, -0.1) is 11.3 Å². The molecule has 1 aromatic carbocycles. The minimum atomic E-state index is 0.256. The van der Waals surface area contributed by atoms with Crippen molar-refractivity contribution in [1.82, 2.24) is 10.3 Å². The molecular formula is C13H16N2O2S. The Bertz CT molecular complexity index is 502. The number of aromatic hydroxyl groups is 1. The first-order chi connectivity index (χ1) is 8.74. The van der Waals surface area contributed by atoms with Crippen molar-refractivity contribution in [1.29, 1.82) is 0 Å². The van der Waals surface area contributed by atoms with Gasteiger partial charge >= 0.3 is 0 Å². The Kier molecular flexibility index (Phi) is 4.30. The fraction of sp³-hybridized carbons (Fsp3) is 0.308. The summed E-state index contributed by atoms with van der Waals surface area (Å²) < 4.78 is 5.15. The first kappa shape index (κ1) is 13.0. The zero-order valence-corrected chi connectivity index (χ0v) is 11.3. The molecule has 2 aromatic rings. The summed E-state index contributed by atoms with van der Waals surface area (Å²) in [7, 11) is 3.57. The van der Waals surface area contributed by atoms with Crippen LogP contribution in [0.5, 0.6) is 5.75 Å². The molecule has 0 fully saturated rings. The number of benzene rings is 1. The lowest BCUT2D eigenvalue weighted by molar-refractivity contribution is 0.181. The van der Waals surface area contributed by atoms with E-state index in [2.05, 4.69) is 10.3 Å². The number of rotatable bonds is 5. The van der Waals surface area contributed by atoms with Crippen molar-refractivity contribution >= 4 is 11.3 Å². The fourth-order valence-corrected chi connectivity index (χ4v) is 2.77. The van der Waals surface area contributed by atoms with Gasteiger partial charge in [0.05, 0.1) is 12.3 Å². The second-order valence-corrected chi connectivity index (χ2v) is 4.99. The predicted molar refractivity (Wildman–Crippen MR) is 72.7 cm³/mol. The molecule has 0 spiro atoms. The zero-order chi connectivity index (χ0) is 13.0. The normalized spacial score (nSPS) is 10.8. The van der Waals surface area contributed by atoms with Gasteiger partial charge in [-0.3, -0.25) is 0 Å². The average molecular weight is 264 g/mol. The summed E-state index contributed by atoms with van der Waals surface area (Å²) >= 11 is 1.62. The molecule has 0 radical (unpaired) electrons. The standard InChI is InChI=1S/C13H16N2O2S/c1-14-7-12-11(8-17-2)15-13(18-12)9-4-3-5-10(16)6-9/h3-6,14,16H,7-8H2,1-2H3. The molecule has 96 valence electrons. The number of hydrogen-bond acceptors (Lipinski definition) is 5. The molecule has 0 bridgehead atoms. The lowest BCUT2D eigenvalue weighted by Crippen LogP contribution is -2.06. The van der Waals surface area contributed by atoms with Gasteiger partial charge in [0.1, 0.15) is 10.8 Å². The van der Waals surface area contributed by atoms with E-state index in [0.29, 0.717) is 6.61 Å². The molecular weight excluding hydrogens is 248 g/mol. The minimum Gasteiger partial charge on any atom is -0.508 e. The summed E-state index contributed by atoms with van der Waals surface area (Å²) in [5, 5.41) is 13.5. The van der Waals surface area contributed by atoms with E-state index in [1.54, 1.807) is 30.6 Å². The predicted octanol–water partition coefficient (Wildman–Crippen LogP) is 2.38. The molecule has 0 unspecified atom stereocenters. The van der Waals surface area contributed by atoms with Gasteiger partial charge in [-0.2, -0.15) is 0 Å². The first-order valence-electron chi connectivity index (χ1n) is 5.66. The Balaban J connectivity index is 2.36. The van der Waals surface area contributed by atoms with Gasteiger partial charge in [0.2, 0.25) is 0 Å². The summed E-state index contributed by atoms with van der Waals surface area (Å²) in [6, 6.07) is 7.14. The van der Waals surface area contributed by atoms with Crippen molar-refractivity contribution in [3.05, 3.63) is 34.8 Å². The van der Waals surface area contributed by atoms with Crippen molar-refractivity contribution < 1.29 is 9.84 Å². The molecule has 4 nitrogen and oxygen atoms in total. The van der Waals surface area contributed by atoms with Crippen LogP contribution in [0.2, 0.25) is 0 Å². The van der Waals surface area contributed by atoms with Crippen molar-refractivity contribution in [3.8, 4) is 16.3 Å². The van der Waals surface area contributed by atoms with Gasteiger partial charge in [-0.25, -0.2) is 4.98 Å². The second-order valence-electron chi connectivity index (χ2n) is 3.90. The molecule has 1 heterocycles. The Morgan fingerprint density at radius 3 is 2.94 bits per heavy atom. The summed E-state index contributed by atoms with van der Waals surface area (Å²) in [6.45, 7) is 1.28. The van der Waals surface area contributed by atoms with Crippen LogP contribution in [0.4, 0.5) is 0 Å². The summed E-state index contributed by atoms with van der Waals surface area (Å²) in [5.74, 6) is 0.256. The van der Waals surface area contributed by atoms with Crippen LogP contribution in [0.1, 0.15) is 10.6 Å². The molecule has 0 atom stereocenters. The molecule has 18 heavy (non-hydrogen) atoms. The average Bonchev–Trinajstić information content (AvgIpc) is 2.74. The van der Waals surface area contributed by atoms with E-state index in [4.69, 9.17) is 4.74 Å². The lowest BCUT2D eigenvalue weighted by atomic mass is 10.2.